The summed E-state index contributed by atoms with van der Waals surface area (Å²) in [7, 11) is -0.0239. The minimum atomic E-state index is -3.44. The highest BCUT2D eigenvalue weighted by Gasteiger charge is 2.13. The van der Waals surface area contributed by atoms with Crippen LogP contribution in [0.25, 0.3) is 11.3 Å². The van der Waals surface area contributed by atoms with Gasteiger partial charge < -0.3 is 4.90 Å². The fourth-order valence-electron chi connectivity index (χ4n) is 3.04. The average molecular weight is 538 g/mol. The normalized spacial score (nSPS) is 11.5. The lowest BCUT2D eigenvalue weighted by Gasteiger charge is -2.11. The molecule has 0 saturated heterocycles. The molecule has 0 aliphatic carbocycles. The summed E-state index contributed by atoms with van der Waals surface area (Å²) in [5.41, 5.74) is 6.30. The van der Waals surface area contributed by atoms with Crippen LogP contribution in [0.5, 0.6) is 0 Å². The fourth-order valence-corrected chi connectivity index (χ4v) is 4.60. The lowest BCUT2D eigenvalue weighted by molar-refractivity contribution is 0.552. The number of nitrogens with zero attached hydrogens (tertiary/aromatic N) is 3. The molecule has 0 radical (unpaired) electrons. The summed E-state index contributed by atoms with van der Waals surface area (Å²) in [6.45, 7) is 7.19. The van der Waals surface area contributed by atoms with Crippen LogP contribution in [0.2, 0.25) is 0 Å². The number of aromatic nitrogens is 1. The first-order chi connectivity index (χ1) is 14.7. The number of hydrogen-bond acceptors (Lipinski definition) is 5. The number of thiazole rings is 1. The van der Waals surface area contributed by atoms with Gasteiger partial charge in [0.05, 0.1) is 27.6 Å². The molecular weight excluding hydrogens is 508 g/mol. The van der Waals surface area contributed by atoms with E-state index < -0.39 is 10.0 Å². The number of sulfonamides is 1. The minimum absolute atomic E-state index is 0. The van der Waals surface area contributed by atoms with Crippen LogP contribution in [0, 0.1) is 13.8 Å². The molecule has 3 aromatic rings. The first kappa shape index (κ1) is 26.2. The maximum atomic E-state index is 11.9. The Morgan fingerprint density at radius 2 is 1.84 bits per heavy atom. The second-order valence-corrected chi connectivity index (χ2v) is 10.2. The zero-order valence-corrected chi connectivity index (χ0v) is 22.3. The van der Waals surface area contributed by atoms with Gasteiger partial charge in [-0.1, -0.05) is 18.2 Å². The van der Waals surface area contributed by atoms with Crippen LogP contribution in [-0.2, 0) is 16.4 Å². The summed E-state index contributed by atoms with van der Waals surface area (Å²) in [5.74, 6) is 0. The molecule has 9 heteroatoms. The largest absolute Gasteiger partial charge is 0.366 e. The molecule has 0 aliphatic rings. The van der Waals surface area contributed by atoms with Gasteiger partial charge in [-0.05, 0) is 62.7 Å². The quantitative estimate of drug-likeness (QED) is 0.320. The van der Waals surface area contributed by atoms with Gasteiger partial charge in [0.15, 0.2) is 0 Å². The van der Waals surface area contributed by atoms with Gasteiger partial charge in [0, 0.05) is 31.0 Å². The van der Waals surface area contributed by atoms with Gasteiger partial charge >= 0.3 is 0 Å². The van der Waals surface area contributed by atoms with Crippen molar-refractivity contribution in [1.82, 2.24) is 14.6 Å². The van der Waals surface area contributed by atoms with E-state index in [1.165, 1.54) is 18.2 Å². The van der Waals surface area contributed by atoms with Crippen LogP contribution < -0.4 is 4.72 Å². The first-order valence-electron chi connectivity index (χ1n) is 10.1. The van der Waals surface area contributed by atoms with E-state index in [-0.39, 0.29) is 21.9 Å². The molecule has 1 aromatic heterocycles. The molecule has 0 amide bonds. The molecule has 0 spiro atoms. The highest BCUT2D eigenvalue weighted by Crippen LogP contribution is 2.28. The van der Waals surface area contributed by atoms with Gasteiger partial charge in [0.25, 0.3) is 0 Å². The Morgan fingerprint density at radius 1 is 1.16 bits per heavy atom. The molecule has 0 bridgehead atoms. The fraction of sp³-hybridized carbons (Fsp3) is 0.304. The summed E-state index contributed by atoms with van der Waals surface area (Å²) in [5, 5.41) is 3.03. The Labute approximate surface area is 205 Å². The van der Waals surface area contributed by atoms with Crippen LogP contribution in [0.15, 0.2) is 51.7 Å². The highest BCUT2D eigenvalue weighted by molar-refractivity contribution is 8.93. The SMILES string of the molecule is Br.CCN(C)C=Nc1cc(C)c(Cc2nc(-c3ccc(S(=O)(=O)NC)cc3)cs2)cc1C. The summed E-state index contributed by atoms with van der Waals surface area (Å²) in [6.07, 6.45) is 2.62. The Bertz CT molecular complexity index is 1190. The van der Waals surface area contributed by atoms with Crippen LogP contribution in [0.1, 0.15) is 28.6 Å². The summed E-state index contributed by atoms with van der Waals surface area (Å²) >= 11 is 1.61. The maximum Gasteiger partial charge on any atom is 0.240 e. The molecule has 1 heterocycles. The first-order valence-corrected chi connectivity index (χ1v) is 12.4. The number of nitrogens with one attached hydrogen (secondary N) is 1. The topological polar surface area (TPSA) is 74.7 Å². The van der Waals surface area contributed by atoms with Gasteiger partial charge in [0.1, 0.15) is 0 Å². The standard InChI is InChI=1S/C23H28N4O2S2.BrH/c1-6-27(5)15-25-21-12-16(2)19(11-17(21)3)13-23-26-22(14-30-23)18-7-9-20(10-8-18)31(28,29)24-4;/h7-12,14-15,24H,6,13H2,1-5H3;1H. The van der Waals surface area contributed by atoms with Gasteiger partial charge in [-0.15, -0.1) is 28.3 Å². The smallest absolute Gasteiger partial charge is 0.240 e. The van der Waals surface area contributed by atoms with Crippen molar-refractivity contribution in [2.24, 2.45) is 4.99 Å². The zero-order chi connectivity index (χ0) is 22.6. The third-order valence-corrected chi connectivity index (χ3v) is 7.45. The highest BCUT2D eigenvalue weighted by atomic mass is 79.9. The second-order valence-electron chi connectivity index (χ2n) is 7.42. The third kappa shape index (κ3) is 6.25. The Morgan fingerprint density at radius 3 is 2.47 bits per heavy atom. The Balaban J connectivity index is 0.00000363. The van der Waals surface area contributed by atoms with E-state index in [1.54, 1.807) is 35.6 Å². The predicted octanol–water partition coefficient (Wildman–Crippen LogP) is 5.12. The molecule has 32 heavy (non-hydrogen) atoms. The summed E-state index contributed by atoms with van der Waals surface area (Å²) in [4.78, 5) is 11.7. The van der Waals surface area contributed by atoms with E-state index in [9.17, 15) is 8.42 Å². The number of benzene rings is 2. The number of aliphatic imine (C=N–C) groups is 1. The molecule has 172 valence electrons. The maximum absolute atomic E-state index is 11.9. The van der Waals surface area contributed by atoms with E-state index in [1.807, 2.05) is 23.7 Å². The van der Waals surface area contributed by atoms with Crippen LogP contribution in [0.3, 0.4) is 0 Å². The minimum Gasteiger partial charge on any atom is -0.366 e. The van der Waals surface area contributed by atoms with Crippen molar-refractivity contribution < 1.29 is 8.42 Å². The second kappa shape index (κ2) is 11.2. The molecule has 3 rings (SSSR count). The van der Waals surface area contributed by atoms with Gasteiger partial charge in [-0.25, -0.2) is 23.1 Å². The van der Waals surface area contributed by atoms with Crippen LogP contribution >= 0.6 is 28.3 Å². The molecule has 0 saturated carbocycles. The molecule has 6 nitrogen and oxygen atoms in total. The van der Waals surface area contributed by atoms with Gasteiger partial charge in [-0.3, -0.25) is 0 Å². The van der Waals surface area contributed by atoms with Crippen molar-refractivity contribution >= 4 is 50.4 Å². The average Bonchev–Trinajstić information content (AvgIpc) is 3.23. The van der Waals surface area contributed by atoms with E-state index in [0.29, 0.717) is 0 Å². The summed E-state index contributed by atoms with van der Waals surface area (Å²) in [6, 6.07) is 11.1. The predicted molar refractivity (Wildman–Crippen MR) is 139 cm³/mol. The summed E-state index contributed by atoms with van der Waals surface area (Å²) < 4.78 is 26.1. The van der Waals surface area contributed by atoms with Crippen molar-refractivity contribution in [3.63, 3.8) is 0 Å². The number of rotatable bonds is 8. The molecular formula is C23H29BrN4O2S2. The van der Waals surface area contributed by atoms with Gasteiger partial charge in [0.2, 0.25) is 10.0 Å². The Hall–Kier alpha value is -2.07. The molecule has 0 fully saturated rings. The van der Waals surface area contributed by atoms with Crippen molar-refractivity contribution in [1.29, 1.82) is 0 Å². The van der Waals surface area contributed by atoms with E-state index in [4.69, 9.17) is 4.98 Å². The lowest BCUT2D eigenvalue weighted by atomic mass is 10.0. The van der Waals surface area contributed by atoms with Crippen LogP contribution in [0.4, 0.5) is 5.69 Å². The Kier molecular flexibility index (Phi) is 9.15. The third-order valence-electron chi connectivity index (χ3n) is 5.17. The van der Waals surface area contributed by atoms with Crippen molar-refractivity contribution in [3.8, 4) is 11.3 Å². The van der Waals surface area contributed by atoms with Crippen LogP contribution in [-0.4, -0.2) is 45.3 Å². The van der Waals surface area contributed by atoms with Crippen molar-refractivity contribution in [3.05, 3.63) is 63.5 Å². The number of hydrogen-bond donors (Lipinski definition) is 1. The molecule has 0 atom stereocenters. The van der Waals surface area contributed by atoms with E-state index in [0.717, 1.165) is 40.5 Å². The number of aryl methyl sites for hydroxylation is 2. The number of halogens is 1. The molecule has 0 aliphatic heterocycles. The van der Waals surface area contributed by atoms with E-state index in [2.05, 4.69) is 42.6 Å². The molecule has 1 N–H and O–H groups in total. The van der Waals surface area contributed by atoms with E-state index >= 15 is 0 Å². The molecule has 0 unspecified atom stereocenters. The molecule has 2 aromatic carbocycles. The monoisotopic (exact) mass is 536 g/mol. The van der Waals surface area contributed by atoms with Gasteiger partial charge in [-0.2, -0.15) is 0 Å². The lowest BCUT2D eigenvalue weighted by Crippen LogP contribution is -2.18. The zero-order valence-electron chi connectivity index (χ0n) is 18.9. The van der Waals surface area contributed by atoms with Crippen molar-refractivity contribution in [2.75, 3.05) is 20.6 Å². The van der Waals surface area contributed by atoms with Crippen molar-refractivity contribution in [2.45, 2.75) is 32.1 Å².